The number of carbonyl (C=O) groups excluding carboxylic acids is 1. The molecule has 15 heteroatoms. The zero-order valence-electron chi connectivity index (χ0n) is 18.1. The molecule has 0 bridgehead atoms. The Kier molecular flexibility index (Phi) is 7.02. The number of amides is 1. The van der Waals surface area contributed by atoms with Gasteiger partial charge in [-0.25, -0.2) is 17.4 Å². The molecule has 1 saturated heterocycles. The van der Waals surface area contributed by atoms with Crippen molar-refractivity contribution in [3.8, 4) is 5.75 Å². The number of carbonyl (C=O) groups is 1. The molecule has 0 spiro atoms. The SMILES string of the molecule is CC(N([C@H]1CCCC[C@@H]1Cc1ccc(N2CC(=O)NS2(=O)=O)c(O)c1)S(C)(=O)=O)S(=O)(=O)O. The molecule has 12 nitrogen and oxygen atoms in total. The molecule has 1 aliphatic heterocycles. The normalized spacial score (nSPS) is 24.6. The number of benzene rings is 1. The van der Waals surface area contributed by atoms with Crippen LogP contribution in [0.15, 0.2) is 18.2 Å². The van der Waals surface area contributed by atoms with Gasteiger partial charge in [-0.1, -0.05) is 18.9 Å². The minimum absolute atomic E-state index is 0.0740. The number of nitrogens with one attached hydrogen (secondary N) is 1. The zero-order valence-corrected chi connectivity index (χ0v) is 20.5. The van der Waals surface area contributed by atoms with Crippen molar-refractivity contribution in [2.24, 2.45) is 5.92 Å². The summed E-state index contributed by atoms with van der Waals surface area (Å²) in [5.74, 6) is -1.40. The van der Waals surface area contributed by atoms with Crippen LogP contribution in [0.1, 0.15) is 38.2 Å². The van der Waals surface area contributed by atoms with Gasteiger partial charge in [0, 0.05) is 6.04 Å². The first-order valence-electron chi connectivity index (χ1n) is 10.2. The number of hydrogen-bond acceptors (Lipinski definition) is 8. The third kappa shape index (κ3) is 5.59. The molecule has 2 fully saturated rings. The van der Waals surface area contributed by atoms with Crippen LogP contribution in [0.5, 0.6) is 5.75 Å². The monoisotopic (exact) mass is 525 g/mol. The fraction of sp³-hybridized carbons (Fsp3) is 0.611. The maximum absolute atomic E-state index is 12.5. The van der Waals surface area contributed by atoms with Gasteiger partial charge in [0.1, 0.15) is 17.7 Å². The third-order valence-electron chi connectivity index (χ3n) is 5.99. The van der Waals surface area contributed by atoms with E-state index in [9.17, 15) is 39.7 Å². The van der Waals surface area contributed by atoms with Gasteiger partial charge in [-0.15, -0.1) is 0 Å². The van der Waals surface area contributed by atoms with Gasteiger partial charge in [-0.3, -0.25) is 9.35 Å². The molecule has 1 amide bonds. The van der Waals surface area contributed by atoms with Crippen molar-refractivity contribution in [2.75, 3.05) is 17.1 Å². The third-order valence-corrected chi connectivity index (χ3v) is 9.96. The smallest absolute Gasteiger partial charge is 0.326 e. The summed E-state index contributed by atoms with van der Waals surface area (Å²) in [6.07, 6.45) is 3.66. The molecule has 1 aromatic rings. The second-order valence-electron chi connectivity index (χ2n) is 8.38. The molecule has 1 unspecified atom stereocenters. The summed E-state index contributed by atoms with van der Waals surface area (Å²) in [7, 11) is -12.7. The van der Waals surface area contributed by atoms with E-state index < -0.39 is 54.2 Å². The molecule has 2 aliphatic rings. The fourth-order valence-corrected chi connectivity index (χ4v) is 8.23. The predicted octanol–water partition coefficient (Wildman–Crippen LogP) is 0.170. The summed E-state index contributed by atoms with van der Waals surface area (Å²) < 4.78 is 85.4. The summed E-state index contributed by atoms with van der Waals surface area (Å²) >= 11 is 0. The summed E-state index contributed by atoms with van der Waals surface area (Å²) in [6, 6.07) is 3.58. The molecule has 3 rings (SSSR count). The lowest BCUT2D eigenvalue weighted by Gasteiger charge is -2.40. The van der Waals surface area contributed by atoms with E-state index in [1.54, 1.807) is 6.07 Å². The van der Waals surface area contributed by atoms with Crippen molar-refractivity contribution in [1.29, 1.82) is 0 Å². The quantitative estimate of drug-likeness (QED) is 0.418. The van der Waals surface area contributed by atoms with E-state index in [2.05, 4.69) is 0 Å². The zero-order chi connectivity index (χ0) is 24.8. The highest BCUT2D eigenvalue weighted by molar-refractivity contribution is 7.92. The van der Waals surface area contributed by atoms with Gasteiger partial charge in [0.25, 0.3) is 16.0 Å². The Labute approximate surface area is 193 Å². The lowest BCUT2D eigenvalue weighted by atomic mass is 9.80. The predicted molar refractivity (Wildman–Crippen MR) is 120 cm³/mol. The number of nitrogens with zero attached hydrogens (tertiary/aromatic N) is 2. The Morgan fingerprint density at radius 1 is 1.21 bits per heavy atom. The molecule has 1 saturated carbocycles. The van der Waals surface area contributed by atoms with Crippen LogP contribution in [0.4, 0.5) is 5.69 Å². The molecule has 0 aromatic heterocycles. The van der Waals surface area contributed by atoms with Gasteiger partial charge in [0.2, 0.25) is 10.0 Å². The van der Waals surface area contributed by atoms with Crippen molar-refractivity contribution in [1.82, 2.24) is 9.03 Å². The first-order chi connectivity index (χ1) is 15.1. The minimum Gasteiger partial charge on any atom is -0.506 e. The van der Waals surface area contributed by atoms with Crippen LogP contribution in [0.3, 0.4) is 0 Å². The maximum Gasteiger partial charge on any atom is 0.326 e. The van der Waals surface area contributed by atoms with Crippen molar-refractivity contribution in [2.45, 2.75) is 50.4 Å². The van der Waals surface area contributed by atoms with Crippen LogP contribution in [0, 0.1) is 5.92 Å². The van der Waals surface area contributed by atoms with Crippen LogP contribution >= 0.6 is 0 Å². The maximum atomic E-state index is 12.5. The summed E-state index contributed by atoms with van der Waals surface area (Å²) in [4.78, 5) is 11.5. The number of anilines is 1. The van der Waals surface area contributed by atoms with Crippen molar-refractivity contribution in [3.05, 3.63) is 23.8 Å². The van der Waals surface area contributed by atoms with Gasteiger partial charge < -0.3 is 5.11 Å². The van der Waals surface area contributed by atoms with Crippen LogP contribution in [-0.2, 0) is 41.6 Å². The topological polar surface area (TPSA) is 178 Å². The molecule has 3 N–H and O–H groups in total. The van der Waals surface area contributed by atoms with Crippen molar-refractivity contribution < 1.29 is 39.7 Å². The first kappa shape index (κ1) is 25.7. The average Bonchev–Trinajstić information content (AvgIpc) is 2.93. The van der Waals surface area contributed by atoms with Crippen molar-refractivity contribution in [3.63, 3.8) is 0 Å². The molecule has 33 heavy (non-hydrogen) atoms. The van der Waals surface area contributed by atoms with E-state index in [1.165, 1.54) is 12.1 Å². The fourth-order valence-electron chi connectivity index (χ4n) is 4.55. The van der Waals surface area contributed by atoms with Gasteiger partial charge in [0.15, 0.2) is 0 Å². The van der Waals surface area contributed by atoms with E-state index in [1.807, 2.05) is 4.72 Å². The summed E-state index contributed by atoms with van der Waals surface area (Å²) in [6.45, 7) is 0.658. The Morgan fingerprint density at radius 2 is 1.85 bits per heavy atom. The Balaban J connectivity index is 1.89. The Morgan fingerprint density at radius 3 is 2.36 bits per heavy atom. The largest absolute Gasteiger partial charge is 0.506 e. The Hall–Kier alpha value is -1.94. The first-order valence-corrected chi connectivity index (χ1v) is 15.0. The van der Waals surface area contributed by atoms with Crippen LogP contribution < -0.4 is 9.03 Å². The second-order valence-corrected chi connectivity index (χ2v) is 13.6. The van der Waals surface area contributed by atoms with Crippen LogP contribution in [-0.4, -0.2) is 69.3 Å². The molecular weight excluding hydrogens is 498 g/mol. The molecular formula is C18H27N3O9S3. The molecule has 0 radical (unpaired) electrons. The number of hydrogen-bond donors (Lipinski definition) is 3. The van der Waals surface area contributed by atoms with Gasteiger partial charge in [-0.2, -0.15) is 21.1 Å². The van der Waals surface area contributed by atoms with E-state index in [4.69, 9.17) is 0 Å². The van der Waals surface area contributed by atoms with Crippen LogP contribution in [0.25, 0.3) is 0 Å². The molecule has 1 heterocycles. The highest BCUT2D eigenvalue weighted by Crippen LogP contribution is 2.37. The van der Waals surface area contributed by atoms with E-state index >= 15 is 0 Å². The standard InChI is InChI=1S/C18H27N3O9S3/c1-12(32(26,27)28)21(31(2,24)25)15-6-4-3-5-14(15)9-13-7-8-16(17(22)10-13)20-11-18(23)19-33(20,29)30/h7-8,10,12,14-15,22H,3-6,9,11H2,1-2H3,(H,19,23)(H,26,27,28)/t12?,14-,15+/m1/s1. The molecule has 186 valence electrons. The van der Waals surface area contributed by atoms with Gasteiger partial charge in [-0.05, 0) is 49.8 Å². The van der Waals surface area contributed by atoms with Gasteiger partial charge in [0.05, 0.1) is 11.9 Å². The van der Waals surface area contributed by atoms with Gasteiger partial charge >= 0.3 is 10.2 Å². The lowest BCUT2D eigenvalue weighted by Crippen LogP contribution is -2.52. The Bertz CT molecular complexity index is 1250. The van der Waals surface area contributed by atoms with E-state index in [0.29, 0.717) is 24.8 Å². The molecule has 1 aliphatic carbocycles. The number of aromatic hydroxyl groups is 1. The molecule has 3 atom stereocenters. The van der Waals surface area contributed by atoms with E-state index in [-0.39, 0.29) is 23.8 Å². The van der Waals surface area contributed by atoms with Crippen LogP contribution in [0.2, 0.25) is 0 Å². The lowest BCUT2D eigenvalue weighted by molar-refractivity contribution is -0.117. The molecule has 1 aromatic carbocycles. The number of sulfonamides is 1. The van der Waals surface area contributed by atoms with E-state index in [0.717, 1.165) is 28.2 Å². The highest BCUT2D eigenvalue weighted by atomic mass is 32.2. The average molecular weight is 526 g/mol. The second kappa shape index (κ2) is 9.02. The number of rotatable bonds is 7. The number of phenolic OH excluding ortho intramolecular Hbond substituents is 1. The highest BCUT2D eigenvalue weighted by Gasteiger charge is 2.42. The summed E-state index contributed by atoms with van der Waals surface area (Å²) in [5, 5.41) is 8.78. The van der Waals surface area contributed by atoms with Crippen molar-refractivity contribution >= 4 is 41.9 Å². The minimum atomic E-state index is -4.66. The summed E-state index contributed by atoms with van der Waals surface area (Å²) in [5.41, 5.74) is 0.507. The number of phenols is 1.